The highest BCUT2D eigenvalue weighted by atomic mass is 16.7. The van der Waals surface area contributed by atoms with Crippen LogP contribution in [-0.4, -0.2) is 30.4 Å². The highest BCUT2D eigenvalue weighted by molar-refractivity contribution is 5.74. The van der Waals surface area contributed by atoms with Crippen LogP contribution in [0.2, 0.25) is 0 Å². The van der Waals surface area contributed by atoms with Gasteiger partial charge in [-0.1, -0.05) is 13.0 Å². The molecule has 0 radical (unpaired) electrons. The first-order valence-corrected chi connectivity index (χ1v) is 6.69. The quantitative estimate of drug-likeness (QED) is 0.735. The van der Waals surface area contributed by atoms with Crippen LogP contribution in [0.4, 0.5) is 4.79 Å². The first-order chi connectivity index (χ1) is 10.1. The number of rotatable bonds is 6. The fourth-order valence-corrected chi connectivity index (χ4v) is 1.82. The summed E-state index contributed by atoms with van der Waals surface area (Å²) in [6, 6.07) is 5.13. The number of ether oxygens (including phenoxy) is 2. The van der Waals surface area contributed by atoms with Crippen LogP contribution in [0.1, 0.15) is 18.9 Å². The van der Waals surface area contributed by atoms with Gasteiger partial charge in [-0.05, 0) is 24.1 Å². The number of carboxylic acid groups (broad SMARTS) is 1. The molecule has 21 heavy (non-hydrogen) atoms. The maximum atomic E-state index is 11.6. The Morgan fingerprint density at radius 1 is 1.29 bits per heavy atom. The fraction of sp³-hybridized carbons (Fsp3) is 0.429. The van der Waals surface area contributed by atoms with Crippen LogP contribution in [0.5, 0.6) is 11.5 Å². The van der Waals surface area contributed by atoms with Gasteiger partial charge in [0.15, 0.2) is 11.5 Å². The maximum absolute atomic E-state index is 11.6. The maximum Gasteiger partial charge on any atom is 0.315 e. The van der Waals surface area contributed by atoms with Crippen LogP contribution < -0.4 is 20.1 Å². The minimum Gasteiger partial charge on any atom is -0.481 e. The molecule has 0 spiro atoms. The molecule has 114 valence electrons. The number of hydrogen-bond donors (Lipinski definition) is 3. The van der Waals surface area contributed by atoms with Crippen molar-refractivity contribution in [3.63, 3.8) is 0 Å². The number of amides is 2. The highest BCUT2D eigenvalue weighted by Crippen LogP contribution is 2.32. The van der Waals surface area contributed by atoms with Gasteiger partial charge in [0.2, 0.25) is 6.79 Å². The average molecular weight is 294 g/mol. The largest absolute Gasteiger partial charge is 0.481 e. The van der Waals surface area contributed by atoms with Gasteiger partial charge in [-0.25, -0.2) is 4.79 Å². The molecule has 3 N–H and O–H groups in total. The van der Waals surface area contributed by atoms with Gasteiger partial charge < -0.3 is 25.2 Å². The molecule has 2 rings (SSSR count). The van der Waals surface area contributed by atoms with E-state index >= 15 is 0 Å². The molecule has 7 nitrogen and oxygen atoms in total. The zero-order valence-electron chi connectivity index (χ0n) is 11.7. The molecule has 1 heterocycles. The van der Waals surface area contributed by atoms with E-state index < -0.39 is 11.9 Å². The second kappa shape index (κ2) is 6.83. The van der Waals surface area contributed by atoms with E-state index in [2.05, 4.69) is 10.6 Å². The predicted octanol–water partition coefficient (Wildman–Crippen LogP) is 1.33. The molecule has 1 atom stereocenters. The second-order valence-corrected chi connectivity index (χ2v) is 4.83. The molecule has 0 aliphatic carbocycles. The Hall–Kier alpha value is -2.44. The molecule has 0 aromatic heterocycles. The van der Waals surface area contributed by atoms with E-state index in [0.29, 0.717) is 31.0 Å². The van der Waals surface area contributed by atoms with Crippen molar-refractivity contribution < 1.29 is 24.2 Å². The van der Waals surface area contributed by atoms with E-state index in [0.717, 1.165) is 5.56 Å². The molecular weight excluding hydrogens is 276 g/mol. The number of benzene rings is 1. The third-order valence-corrected chi connectivity index (χ3v) is 3.17. The number of carbonyl (C=O) groups excluding carboxylic acids is 1. The molecule has 7 heteroatoms. The summed E-state index contributed by atoms with van der Waals surface area (Å²) in [5.74, 6) is 0.0348. The minimum atomic E-state index is -0.863. The zero-order valence-corrected chi connectivity index (χ0v) is 11.7. The summed E-state index contributed by atoms with van der Waals surface area (Å²) in [5, 5.41) is 14.0. The lowest BCUT2D eigenvalue weighted by molar-refractivity contribution is -0.141. The summed E-state index contributed by atoms with van der Waals surface area (Å²) >= 11 is 0. The molecule has 0 saturated carbocycles. The van der Waals surface area contributed by atoms with Gasteiger partial charge in [0.25, 0.3) is 0 Å². The topological polar surface area (TPSA) is 96.9 Å². The van der Waals surface area contributed by atoms with Crippen molar-refractivity contribution in [3.8, 4) is 11.5 Å². The number of aliphatic carboxylic acids is 1. The molecule has 1 aromatic rings. The lowest BCUT2D eigenvalue weighted by atomic mass is 10.1. The predicted molar refractivity (Wildman–Crippen MR) is 74.2 cm³/mol. The summed E-state index contributed by atoms with van der Waals surface area (Å²) in [4.78, 5) is 22.2. The molecule has 0 bridgehead atoms. The third-order valence-electron chi connectivity index (χ3n) is 3.17. The van der Waals surface area contributed by atoms with Gasteiger partial charge in [-0.15, -0.1) is 0 Å². The van der Waals surface area contributed by atoms with Gasteiger partial charge in [-0.3, -0.25) is 4.79 Å². The molecule has 1 aliphatic heterocycles. The zero-order chi connectivity index (χ0) is 15.2. The third kappa shape index (κ3) is 4.27. The fourth-order valence-electron chi connectivity index (χ4n) is 1.82. The Kier molecular flexibility index (Phi) is 4.86. The molecule has 1 unspecified atom stereocenters. The second-order valence-electron chi connectivity index (χ2n) is 4.83. The number of carbonyl (C=O) groups is 2. The van der Waals surface area contributed by atoms with Crippen molar-refractivity contribution in [1.82, 2.24) is 10.6 Å². The van der Waals surface area contributed by atoms with Crippen molar-refractivity contribution in [3.05, 3.63) is 23.8 Å². The molecule has 1 aliphatic rings. The lowest BCUT2D eigenvalue weighted by Gasteiger charge is -2.09. The molecule has 1 aromatic carbocycles. The smallest absolute Gasteiger partial charge is 0.315 e. The lowest BCUT2D eigenvalue weighted by Crippen LogP contribution is -2.36. The molecule has 2 amide bonds. The first kappa shape index (κ1) is 15.0. The summed E-state index contributed by atoms with van der Waals surface area (Å²) < 4.78 is 10.5. The number of urea groups is 1. The Bertz CT molecular complexity index is 532. The number of fused-ring (bicyclic) bond motifs is 1. The summed E-state index contributed by atoms with van der Waals surface area (Å²) in [6.45, 7) is 2.50. The number of nitrogens with one attached hydrogen (secondary N) is 2. The highest BCUT2D eigenvalue weighted by Gasteiger charge is 2.13. The van der Waals surface area contributed by atoms with Crippen LogP contribution >= 0.6 is 0 Å². The van der Waals surface area contributed by atoms with Crippen LogP contribution in [-0.2, 0) is 11.3 Å². The standard InChI is InChI=1S/C14H18N2O5/c1-9(13(17)18)4-5-15-14(19)16-7-10-2-3-11-12(6-10)21-8-20-11/h2-3,6,9H,4-5,7-8H2,1H3,(H,17,18)(H2,15,16,19). The number of carboxylic acids is 1. The van der Waals surface area contributed by atoms with Crippen molar-refractivity contribution in [2.45, 2.75) is 19.9 Å². The Labute approximate surface area is 122 Å². The SMILES string of the molecule is CC(CCNC(=O)NCc1ccc2c(c1)OCO2)C(=O)O. The van der Waals surface area contributed by atoms with E-state index in [1.165, 1.54) is 0 Å². The van der Waals surface area contributed by atoms with Gasteiger partial charge >= 0.3 is 12.0 Å². The molecular formula is C14H18N2O5. The van der Waals surface area contributed by atoms with Crippen LogP contribution in [0.15, 0.2) is 18.2 Å². The summed E-state index contributed by atoms with van der Waals surface area (Å²) in [6.07, 6.45) is 0.396. The van der Waals surface area contributed by atoms with E-state index in [-0.39, 0.29) is 12.8 Å². The minimum absolute atomic E-state index is 0.217. The Morgan fingerprint density at radius 2 is 2.05 bits per heavy atom. The van der Waals surface area contributed by atoms with Gasteiger partial charge in [0, 0.05) is 13.1 Å². The Balaban J connectivity index is 1.70. The van der Waals surface area contributed by atoms with Crippen LogP contribution in [0, 0.1) is 5.92 Å². The van der Waals surface area contributed by atoms with Gasteiger partial charge in [0.05, 0.1) is 5.92 Å². The van der Waals surface area contributed by atoms with Gasteiger partial charge in [-0.2, -0.15) is 0 Å². The Morgan fingerprint density at radius 3 is 2.81 bits per heavy atom. The van der Waals surface area contributed by atoms with Crippen LogP contribution in [0.25, 0.3) is 0 Å². The summed E-state index contributed by atoms with van der Waals surface area (Å²) in [5.41, 5.74) is 0.897. The van der Waals surface area contributed by atoms with Gasteiger partial charge in [0.1, 0.15) is 0 Å². The summed E-state index contributed by atoms with van der Waals surface area (Å²) in [7, 11) is 0. The van der Waals surface area contributed by atoms with Crippen LogP contribution in [0.3, 0.4) is 0 Å². The van der Waals surface area contributed by atoms with E-state index in [9.17, 15) is 9.59 Å². The molecule has 0 saturated heterocycles. The normalized spacial score (nSPS) is 13.6. The van der Waals surface area contributed by atoms with E-state index in [4.69, 9.17) is 14.6 Å². The first-order valence-electron chi connectivity index (χ1n) is 6.69. The monoisotopic (exact) mass is 294 g/mol. The van der Waals surface area contributed by atoms with E-state index in [1.807, 2.05) is 12.1 Å². The average Bonchev–Trinajstić information content (AvgIpc) is 2.92. The number of hydrogen-bond acceptors (Lipinski definition) is 4. The van der Waals surface area contributed by atoms with Crippen molar-refractivity contribution >= 4 is 12.0 Å². The molecule has 0 fully saturated rings. The van der Waals surface area contributed by atoms with Crippen molar-refractivity contribution in [2.24, 2.45) is 5.92 Å². The van der Waals surface area contributed by atoms with E-state index in [1.54, 1.807) is 13.0 Å². The van der Waals surface area contributed by atoms with Crippen molar-refractivity contribution in [2.75, 3.05) is 13.3 Å². The van der Waals surface area contributed by atoms with Crippen molar-refractivity contribution in [1.29, 1.82) is 0 Å².